The van der Waals surface area contributed by atoms with E-state index in [1.54, 1.807) is 36.4 Å². The molecule has 0 spiro atoms. The molecule has 9 nitrogen and oxygen atoms in total. The quantitative estimate of drug-likeness (QED) is 0.170. The lowest BCUT2D eigenvalue weighted by atomic mass is 9.96. The molecule has 0 radical (unpaired) electrons. The largest absolute Gasteiger partial charge is 0.396 e. The van der Waals surface area contributed by atoms with Crippen LogP contribution >= 0.6 is 0 Å². The number of rotatable bonds is 8. The van der Waals surface area contributed by atoms with Crippen molar-refractivity contribution in [2.75, 3.05) is 20.7 Å². The van der Waals surface area contributed by atoms with Crippen LogP contribution in [0.15, 0.2) is 48.5 Å². The predicted molar refractivity (Wildman–Crippen MR) is 125 cm³/mol. The molecule has 2 atom stereocenters. The molecule has 180 valence electrons. The van der Waals surface area contributed by atoms with E-state index in [9.17, 15) is 19.5 Å². The van der Waals surface area contributed by atoms with Gasteiger partial charge in [-0.05, 0) is 61.7 Å². The van der Waals surface area contributed by atoms with E-state index in [2.05, 4.69) is 17.2 Å². The van der Waals surface area contributed by atoms with Crippen LogP contribution in [0.1, 0.15) is 52.9 Å². The van der Waals surface area contributed by atoms with Gasteiger partial charge in [0, 0.05) is 37.4 Å². The van der Waals surface area contributed by atoms with E-state index in [-0.39, 0.29) is 12.2 Å². The number of aliphatic hydroxyl groups is 2. The highest BCUT2D eigenvalue weighted by Crippen LogP contribution is 2.19. The van der Waals surface area contributed by atoms with Gasteiger partial charge in [-0.3, -0.25) is 19.6 Å². The van der Waals surface area contributed by atoms with E-state index in [0.29, 0.717) is 18.4 Å². The first-order valence-electron chi connectivity index (χ1n) is 10.6. The predicted octanol–water partition coefficient (Wildman–Crippen LogP) is 0.974. The molecule has 0 fully saturated rings. The van der Waals surface area contributed by atoms with Crippen molar-refractivity contribution < 1.29 is 29.8 Å². The first-order valence-corrected chi connectivity index (χ1v) is 10.6. The van der Waals surface area contributed by atoms with Gasteiger partial charge in [0.05, 0.1) is 6.10 Å². The highest BCUT2D eigenvalue weighted by Gasteiger charge is 2.47. The van der Waals surface area contributed by atoms with Crippen molar-refractivity contribution in [2.24, 2.45) is 0 Å². The third-order valence-electron chi connectivity index (χ3n) is 5.60. The summed E-state index contributed by atoms with van der Waals surface area (Å²) in [4.78, 5) is 38.2. The Labute approximate surface area is 198 Å². The van der Waals surface area contributed by atoms with Crippen LogP contribution < -0.4 is 10.8 Å². The minimum Gasteiger partial charge on any atom is -0.396 e. The van der Waals surface area contributed by atoms with E-state index in [1.807, 2.05) is 0 Å². The Hall–Kier alpha value is -3.71. The van der Waals surface area contributed by atoms with Crippen LogP contribution in [0.4, 0.5) is 0 Å². The van der Waals surface area contributed by atoms with Crippen molar-refractivity contribution >= 4 is 17.7 Å². The average molecular weight is 468 g/mol. The zero-order chi connectivity index (χ0) is 25.3. The van der Waals surface area contributed by atoms with Gasteiger partial charge in [-0.25, -0.2) is 5.48 Å². The number of carbonyl (C=O) groups is 3. The number of nitrogens with one attached hydrogen (secondary N) is 2. The van der Waals surface area contributed by atoms with Gasteiger partial charge < -0.3 is 20.4 Å². The molecule has 0 saturated carbocycles. The molecule has 0 aliphatic rings. The number of amides is 3. The third kappa shape index (κ3) is 5.99. The van der Waals surface area contributed by atoms with Gasteiger partial charge in [0.15, 0.2) is 5.54 Å². The maximum Gasteiger partial charge on any atom is 0.278 e. The van der Waals surface area contributed by atoms with Crippen molar-refractivity contribution in [3.05, 3.63) is 70.8 Å². The Morgan fingerprint density at radius 1 is 1.00 bits per heavy atom. The first kappa shape index (κ1) is 26.5. The van der Waals surface area contributed by atoms with E-state index < -0.39 is 29.4 Å². The number of hydrogen-bond donors (Lipinski definition) is 5. The van der Waals surface area contributed by atoms with Crippen molar-refractivity contribution in [1.29, 1.82) is 0 Å². The van der Waals surface area contributed by atoms with Crippen LogP contribution in [0.25, 0.3) is 0 Å². The number of nitrogens with zero attached hydrogens (tertiary/aromatic N) is 1. The number of benzene rings is 2. The van der Waals surface area contributed by atoms with E-state index in [4.69, 9.17) is 10.3 Å². The standard InChI is InChI=1S/C25H29N3O6/c1-25(23(32)26-2,24(33)27-34)28(3)22(31)20-14-10-18(11-15-20)7-6-17-8-12-19(13-9-17)21(30)5-4-16-29/h8-15,21,29-30,34H,4-5,16H2,1-3H3,(H,26,32)(H,27,33)/t21-,25+/m1/s1. The van der Waals surface area contributed by atoms with Gasteiger partial charge in [0.25, 0.3) is 17.7 Å². The van der Waals surface area contributed by atoms with Gasteiger partial charge in [0.1, 0.15) is 0 Å². The molecule has 0 unspecified atom stereocenters. The minimum atomic E-state index is -1.96. The molecule has 2 aromatic carbocycles. The van der Waals surface area contributed by atoms with E-state index in [1.165, 1.54) is 38.6 Å². The van der Waals surface area contributed by atoms with Gasteiger partial charge >= 0.3 is 0 Å². The fourth-order valence-corrected chi connectivity index (χ4v) is 3.24. The second-order valence-corrected chi connectivity index (χ2v) is 7.79. The lowest BCUT2D eigenvalue weighted by Gasteiger charge is -2.34. The Bertz CT molecular complexity index is 1050. The van der Waals surface area contributed by atoms with E-state index in [0.717, 1.165) is 16.0 Å². The van der Waals surface area contributed by atoms with Crippen molar-refractivity contribution in [3.63, 3.8) is 0 Å². The number of likely N-dealkylation sites (N-methyl/N-ethyl adjacent to an activating group) is 2. The SMILES string of the molecule is CNC(=O)[C@@](C)(C(=O)NO)N(C)C(=O)c1ccc(C#Cc2ccc([C@H](O)CCCO)cc2)cc1. The van der Waals surface area contributed by atoms with Crippen molar-refractivity contribution in [3.8, 4) is 11.8 Å². The molecule has 0 aliphatic heterocycles. The highest BCUT2D eigenvalue weighted by atomic mass is 16.5. The second-order valence-electron chi connectivity index (χ2n) is 7.79. The zero-order valence-corrected chi connectivity index (χ0v) is 19.3. The molecule has 0 saturated heterocycles. The van der Waals surface area contributed by atoms with Crippen molar-refractivity contribution in [2.45, 2.75) is 31.4 Å². The summed E-state index contributed by atoms with van der Waals surface area (Å²) < 4.78 is 0. The lowest BCUT2D eigenvalue weighted by molar-refractivity contribution is -0.148. The number of hydroxylamine groups is 1. The fourth-order valence-electron chi connectivity index (χ4n) is 3.24. The summed E-state index contributed by atoms with van der Waals surface area (Å²) in [5, 5.41) is 30.3. The van der Waals surface area contributed by atoms with Crippen LogP contribution in [-0.2, 0) is 9.59 Å². The summed E-state index contributed by atoms with van der Waals surface area (Å²) in [6.45, 7) is 1.26. The first-order chi connectivity index (χ1) is 16.2. The smallest absolute Gasteiger partial charge is 0.278 e. The molecule has 2 rings (SSSR count). The second kappa shape index (κ2) is 12.0. The molecule has 34 heavy (non-hydrogen) atoms. The van der Waals surface area contributed by atoms with Crippen LogP contribution in [0.5, 0.6) is 0 Å². The maximum atomic E-state index is 12.9. The summed E-state index contributed by atoms with van der Waals surface area (Å²) >= 11 is 0. The number of carbonyl (C=O) groups excluding carboxylic acids is 3. The molecule has 0 aromatic heterocycles. The Kier molecular flexibility index (Phi) is 9.33. The van der Waals surface area contributed by atoms with Crippen LogP contribution in [-0.4, -0.2) is 64.3 Å². The van der Waals surface area contributed by atoms with Crippen molar-refractivity contribution in [1.82, 2.24) is 15.7 Å². The average Bonchev–Trinajstić information content (AvgIpc) is 2.88. The third-order valence-corrected chi connectivity index (χ3v) is 5.60. The van der Waals surface area contributed by atoms with Crippen LogP contribution in [0, 0.1) is 11.8 Å². The monoisotopic (exact) mass is 467 g/mol. The fraction of sp³-hybridized carbons (Fsp3) is 0.320. The van der Waals surface area contributed by atoms with E-state index >= 15 is 0 Å². The highest BCUT2D eigenvalue weighted by molar-refractivity contribution is 6.12. The molecule has 0 heterocycles. The summed E-state index contributed by atoms with van der Waals surface area (Å²) in [7, 11) is 2.62. The molecule has 9 heteroatoms. The zero-order valence-electron chi connectivity index (χ0n) is 19.3. The molecular weight excluding hydrogens is 438 g/mol. The van der Waals surface area contributed by atoms with Gasteiger partial charge in [-0.1, -0.05) is 24.0 Å². The Morgan fingerprint density at radius 2 is 1.53 bits per heavy atom. The summed E-state index contributed by atoms with van der Waals surface area (Å²) in [6, 6.07) is 13.5. The summed E-state index contributed by atoms with van der Waals surface area (Å²) in [5.41, 5.74) is 1.85. The van der Waals surface area contributed by atoms with Gasteiger partial charge in [-0.15, -0.1) is 0 Å². The van der Waals surface area contributed by atoms with Crippen LogP contribution in [0.3, 0.4) is 0 Å². The Morgan fingerprint density at radius 3 is 2.00 bits per heavy atom. The number of aliphatic hydroxyl groups excluding tert-OH is 2. The number of hydrogen-bond acceptors (Lipinski definition) is 6. The molecule has 2 aromatic rings. The molecular formula is C25H29N3O6. The van der Waals surface area contributed by atoms with Gasteiger partial charge in [0.2, 0.25) is 0 Å². The lowest BCUT2D eigenvalue weighted by Crippen LogP contribution is -2.64. The molecule has 0 aliphatic carbocycles. The topological polar surface area (TPSA) is 139 Å². The maximum absolute atomic E-state index is 12.9. The summed E-state index contributed by atoms with van der Waals surface area (Å²) in [6.07, 6.45) is 0.372. The molecule has 3 amide bonds. The molecule has 0 bridgehead atoms. The molecule has 5 N–H and O–H groups in total. The summed E-state index contributed by atoms with van der Waals surface area (Å²) in [5.74, 6) is 3.61. The van der Waals surface area contributed by atoms with Crippen LogP contribution in [0.2, 0.25) is 0 Å². The normalized spacial score (nSPS) is 13.0. The minimum absolute atomic E-state index is 0.0344. The van der Waals surface area contributed by atoms with Gasteiger partial charge in [-0.2, -0.15) is 0 Å². The Balaban J connectivity index is 2.15.